The highest BCUT2D eigenvalue weighted by Crippen LogP contribution is 2.36. The molecular weight excluding hydrogens is 418 g/mol. The van der Waals surface area contributed by atoms with Gasteiger partial charge in [-0.1, -0.05) is 43.4 Å². The maximum Gasteiger partial charge on any atom is 0.327 e. The van der Waals surface area contributed by atoms with E-state index in [9.17, 15) is 19.5 Å². The third kappa shape index (κ3) is 5.70. The first-order valence-electron chi connectivity index (χ1n) is 8.81. The van der Waals surface area contributed by atoms with Gasteiger partial charge in [-0.05, 0) is 30.2 Å². The van der Waals surface area contributed by atoms with Crippen LogP contribution in [0, 0.1) is 0 Å². The molecule has 0 aliphatic carbocycles. The molecule has 2 N–H and O–H groups in total. The van der Waals surface area contributed by atoms with E-state index < -0.39 is 30.3 Å². The minimum atomic E-state index is -1.56. The molecule has 1 amide bonds. The molecule has 1 fully saturated rings. The molecule has 1 aromatic rings. The van der Waals surface area contributed by atoms with Crippen LogP contribution in [0.3, 0.4) is 0 Å². The van der Waals surface area contributed by atoms with Crippen LogP contribution in [0.4, 0.5) is 0 Å². The maximum absolute atomic E-state index is 12.7. The first-order chi connectivity index (χ1) is 13.8. The molecule has 0 bridgehead atoms. The van der Waals surface area contributed by atoms with E-state index in [2.05, 4.69) is 6.92 Å². The number of aliphatic carboxylic acids is 2. The van der Waals surface area contributed by atoms with Crippen molar-refractivity contribution < 1.29 is 34.1 Å². The summed E-state index contributed by atoms with van der Waals surface area (Å²) in [6.07, 6.45) is 2.72. The topological polar surface area (TPSA) is 113 Å². The van der Waals surface area contributed by atoms with Crippen LogP contribution in [0.25, 0.3) is 6.08 Å². The Balaban J connectivity index is 2.26. The van der Waals surface area contributed by atoms with Crippen molar-refractivity contribution in [1.29, 1.82) is 0 Å². The number of nitrogens with zero attached hydrogens (tertiary/aromatic N) is 1. The Morgan fingerprint density at radius 1 is 1.31 bits per heavy atom. The minimum Gasteiger partial charge on any atom is -0.493 e. The highest BCUT2D eigenvalue weighted by atomic mass is 32.2. The molecule has 0 unspecified atom stereocenters. The predicted octanol–water partition coefficient (Wildman–Crippen LogP) is 3.00. The van der Waals surface area contributed by atoms with Crippen LogP contribution in [-0.2, 0) is 14.4 Å². The molecule has 1 heterocycles. The van der Waals surface area contributed by atoms with Gasteiger partial charge in [-0.3, -0.25) is 14.5 Å². The number of carboxylic acids is 2. The standard InChI is InChI=1S/C19H21NO7S2/c1-3-4-7-27-13-6-5-11(8-14(13)26-2)9-15-17(23)20(19(28)29-15)12(18(24)25)10-16(21)22/h5-6,8-9,12H,3-4,7,10H2,1-2H3,(H,21,22)(H,24,25)/b15-9-/t12-/m1/s1. The molecule has 0 saturated carbocycles. The lowest BCUT2D eigenvalue weighted by Gasteiger charge is -2.21. The Morgan fingerprint density at radius 3 is 2.62 bits per heavy atom. The molecule has 29 heavy (non-hydrogen) atoms. The number of benzene rings is 1. The molecule has 0 aromatic heterocycles. The molecule has 1 aliphatic rings. The molecule has 10 heteroatoms. The van der Waals surface area contributed by atoms with Gasteiger partial charge in [0.1, 0.15) is 10.4 Å². The fourth-order valence-electron chi connectivity index (χ4n) is 2.57. The molecule has 156 valence electrons. The number of unbranched alkanes of at least 4 members (excludes halogenated alkanes) is 1. The number of thiocarbonyl (C=S) groups is 1. The van der Waals surface area contributed by atoms with Gasteiger partial charge >= 0.3 is 11.9 Å². The Bertz CT molecular complexity index is 853. The number of carbonyl (C=O) groups excluding carboxylic acids is 1. The third-order valence-corrected chi connectivity index (χ3v) is 5.36. The summed E-state index contributed by atoms with van der Waals surface area (Å²) < 4.78 is 11.0. The van der Waals surface area contributed by atoms with Crippen molar-refractivity contribution in [3.05, 3.63) is 28.7 Å². The molecule has 1 aliphatic heterocycles. The smallest absolute Gasteiger partial charge is 0.327 e. The SMILES string of the molecule is CCCCOc1ccc(/C=C2\SC(=S)N([C@H](CC(=O)O)C(=O)O)C2=O)cc1OC. The predicted molar refractivity (Wildman–Crippen MR) is 112 cm³/mol. The van der Waals surface area contributed by atoms with Crippen LogP contribution < -0.4 is 9.47 Å². The van der Waals surface area contributed by atoms with E-state index in [1.165, 1.54) is 7.11 Å². The van der Waals surface area contributed by atoms with Crippen molar-refractivity contribution in [1.82, 2.24) is 4.90 Å². The van der Waals surface area contributed by atoms with Crippen molar-refractivity contribution in [2.24, 2.45) is 0 Å². The largest absolute Gasteiger partial charge is 0.493 e. The molecule has 8 nitrogen and oxygen atoms in total. The fraction of sp³-hybridized carbons (Fsp3) is 0.368. The summed E-state index contributed by atoms with van der Waals surface area (Å²) in [4.78, 5) is 36.1. The molecule has 1 aromatic carbocycles. The van der Waals surface area contributed by atoms with E-state index in [0.717, 1.165) is 29.5 Å². The van der Waals surface area contributed by atoms with Crippen LogP contribution in [0.2, 0.25) is 0 Å². The summed E-state index contributed by atoms with van der Waals surface area (Å²) in [5.41, 5.74) is 0.635. The second kappa shape index (κ2) is 10.3. The van der Waals surface area contributed by atoms with Crippen molar-refractivity contribution >= 4 is 52.2 Å². The van der Waals surface area contributed by atoms with E-state index in [1.54, 1.807) is 24.3 Å². The summed E-state index contributed by atoms with van der Waals surface area (Å²) in [5, 5.41) is 18.2. The van der Waals surface area contributed by atoms with E-state index in [4.69, 9.17) is 26.8 Å². The monoisotopic (exact) mass is 439 g/mol. The second-order valence-corrected chi connectivity index (χ2v) is 7.79. The minimum absolute atomic E-state index is 0.00128. The van der Waals surface area contributed by atoms with Crippen molar-refractivity contribution in [2.75, 3.05) is 13.7 Å². The van der Waals surface area contributed by atoms with Gasteiger partial charge in [-0.25, -0.2) is 4.79 Å². The van der Waals surface area contributed by atoms with Gasteiger partial charge in [0.15, 0.2) is 11.5 Å². The number of amides is 1. The lowest BCUT2D eigenvalue weighted by atomic mass is 10.1. The Kier molecular flexibility index (Phi) is 8.03. The molecule has 1 atom stereocenters. The van der Waals surface area contributed by atoms with Gasteiger partial charge < -0.3 is 19.7 Å². The third-order valence-electron chi connectivity index (χ3n) is 4.03. The summed E-state index contributed by atoms with van der Waals surface area (Å²) in [5.74, 6) is -2.33. The zero-order valence-corrected chi connectivity index (χ0v) is 17.5. The van der Waals surface area contributed by atoms with Gasteiger partial charge in [0.05, 0.1) is 25.0 Å². The van der Waals surface area contributed by atoms with Crippen LogP contribution in [0.15, 0.2) is 23.1 Å². The van der Waals surface area contributed by atoms with Gasteiger partial charge in [-0.15, -0.1) is 0 Å². The fourth-order valence-corrected chi connectivity index (χ4v) is 3.93. The maximum atomic E-state index is 12.7. The Labute approximate surface area is 177 Å². The first kappa shape index (κ1) is 22.7. The molecule has 0 radical (unpaired) electrons. The summed E-state index contributed by atoms with van der Waals surface area (Å²) >= 11 is 6.04. The molecule has 2 rings (SSSR count). The number of thioether (sulfide) groups is 1. The average molecular weight is 440 g/mol. The summed E-state index contributed by atoms with van der Waals surface area (Å²) in [6, 6.07) is 3.60. The van der Waals surface area contributed by atoms with Crippen LogP contribution >= 0.6 is 24.0 Å². The normalized spacial score (nSPS) is 16.2. The van der Waals surface area contributed by atoms with E-state index >= 15 is 0 Å². The van der Waals surface area contributed by atoms with Crippen molar-refractivity contribution in [3.8, 4) is 11.5 Å². The van der Waals surface area contributed by atoms with Crippen LogP contribution in [0.5, 0.6) is 11.5 Å². The van der Waals surface area contributed by atoms with Crippen molar-refractivity contribution in [2.45, 2.75) is 32.2 Å². The van der Waals surface area contributed by atoms with E-state index in [-0.39, 0.29) is 9.23 Å². The number of carboxylic acid groups (broad SMARTS) is 2. The van der Waals surface area contributed by atoms with Crippen molar-refractivity contribution in [3.63, 3.8) is 0 Å². The summed E-state index contributed by atoms with van der Waals surface area (Å²) in [6.45, 7) is 2.62. The molecule has 1 saturated heterocycles. The van der Waals surface area contributed by atoms with Gasteiger partial charge in [-0.2, -0.15) is 0 Å². The van der Waals surface area contributed by atoms with Gasteiger partial charge in [0.25, 0.3) is 5.91 Å². The number of hydrogen-bond donors (Lipinski definition) is 2. The lowest BCUT2D eigenvalue weighted by Crippen LogP contribution is -2.45. The summed E-state index contributed by atoms with van der Waals surface area (Å²) in [7, 11) is 1.51. The number of methoxy groups -OCH3 is 1. The van der Waals surface area contributed by atoms with Gasteiger partial charge in [0.2, 0.25) is 0 Å². The lowest BCUT2D eigenvalue weighted by molar-refractivity contribution is -0.150. The quantitative estimate of drug-likeness (QED) is 0.323. The Hall–Kier alpha value is -2.59. The Morgan fingerprint density at radius 2 is 2.03 bits per heavy atom. The van der Waals surface area contributed by atoms with E-state index in [1.807, 2.05) is 0 Å². The highest BCUT2D eigenvalue weighted by molar-refractivity contribution is 8.26. The highest BCUT2D eigenvalue weighted by Gasteiger charge is 2.41. The van der Waals surface area contributed by atoms with Crippen LogP contribution in [-0.4, -0.2) is 57.0 Å². The van der Waals surface area contributed by atoms with E-state index in [0.29, 0.717) is 23.7 Å². The second-order valence-electron chi connectivity index (χ2n) is 6.12. The first-order valence-corrected chi connectivity index (χ1v) is 10.0. The number of rotatable bonds is 10. The number of ether oxygens (including phenoxy) is 2. The average Bonchev–Trinajstić information content (AvgIpc) is 2.93. The zero-order chi connectivity index (χ0) is 21.6. The molecular formula is C19H21NO7S2. The number of hydrogen-bond acceptors (Lipinski definition) is 7. The zero-order valence-electron chi connectivity index (χ0n) is 15.9. The molecule has 0 spiro atoms. The number of carbonyl (C=O) groups is 3. The van der Waals surface area contributed by atoms with Crippen LogP contribution in [0.1, 0.15) is 31.7 Å². The van der Waals surface area contributed by atoms with Gasteiger partial charge in [0, 0.05) is 0 Å².